The van der Waals surface area contributed by atoms with Crippen LogP contribution in [0.3, 0.4) is 0 Å². The average molecular weight is 396 g/mol. The van der Waals surface area contributed by atoms with Crippen LogP contribution < -0.4 is 0 Å². The Hall–Kier alpha value is -3.66. The van der Waals surface area contributed by atoms with Gasteiger partial charge >= 0.3 is 5.97 Å². The van der Waals surface area contributed by atoms with Crippen LogP contribution in [0, 0.1) is 0 Å². The number of esters is 1. The van der Waals surface area contributed by atoms with Gasteiger partial charge in [-0.25, -0.2) is 9.79 Å². The van der Waals surface area contributed by atoms with E-state index in [1.807, 2.05) is 66.7 Å². The van der Waals surface area contributed by atoms with Crippen LogP contribution in [0.25, 0.3) is 0 Å². The van der Waals surface area contributed by atoms with E-state index in [0.29, 0.717) is 31.1 Å². The highest BCUT2D eigenvalue weighted by molar-refractivity contribution is 6.11. The van der Waals surface area contributed by atoms with E-state index in [1.165, 1.54) is 11.1 Å². The monoisotopic (exact) mass is 396 g/mol. The molecule has 0 amide bonds. The van der Waals surface area contributed by atoms with Gasteiger partial charge in [-0.3, -0.25) is 0 Å². The molecule has 0 saturated carbocycles. The third-order valence-electron chi connectivity index (χ3n) is 5.04. The Kier molecular flexibility index (Phi) is 6.04. The molecule has 3 aromatic rings. The Bertz CT molecular complexity index is 1020. The molecule has 1 heterocycles. The fourth-order valence-electron chi connectivity index (χ4n) is 3.59. The van der Waals surface area contributed by atoms with Crippen molar-refractivity contribution >= 4 is 11.9 Å². The van der Waals surface area contributed by atoms with E-state index in [2.05, 4.69) is 41.1 Å². The van der Waals surface area contributed by atoms with Crippen molar-refractivity contribution in [3.8, 4) is 0 Å². The summed E-state index contributed by atoms with van der Waals surface area (Å²) in [5.74, 6) is -0.0299. The van der Waals surface area contributed by atoms with Crippen molar-refractivity contribution in [2.24, 2.45) is 4.99 Å². The lowest BCUT2D eigenvalue weighted by atomic mass is 10.1. The summed E-state index contributed by atoms with van der Waals surface area (Å²) < 4.78 is 5.52. The predicted molar refractivity (Wildman–Crippen MR) is 119 cm³/mol. The summed E-state index contributed by atoms with van der Waals surface area (Å²) in [7, 11) is 0. The Morgan fingerprint density at radius 2 is 1.30 bits per heavy atom. The first kappa shape index (κ1) is 19.6. The molecule has 1 aliphatic rings. The molecule has 0 aromatic heterocycles. The van der Waals surface area contributed by atoms with Crippen LogP contribution in [-0.2, 0) is 22.6 Å². The highest BCUT2D eigenvalue weighted by atomic mass is 16.6. The molecule has 150 valence electrons. The summed E-state index contributed by atoms with van der Waals surface area (Å²) in [5.41, 5.74) is 4.44. The maximum Gasteiger partial charge on any atom is 0.365 e. The maximum absolute atomic E-state index is 12.7. The molecule has 0 spiro atoms. The second kappa shape index (κ2) is 9.23. The topological polar surface area (TPSA) is 41.9 Å². The molecule has 0 bridgehead atoms. The second-order valence-corrected chi connectivity index (χ2v) is 7.15. The van der Waals surface area contributed by atoms with Gasteiger partial charge in [-0.05, 0) is 29.7 Å². The number of rotatable bonds is 7. The Labute approximate surface area is 177 Å². The van der Waals surface area contributed by atoms with Crippen molar-refractivity contribution in [2.75, 3.05) is 0 Å². The molecule has 30 heavy (non-hydrogen) atoms. The first-order valence-electron chi connectivity index (χ1n) is 10.2. The van der Waals surface area contributed by atoms with Gasteiger partial charge in [-0.2, -0.15) is 0 Å². The lowest BCUT2D eigenvalue weighted by Crippen LogP contribution is -2.24. The van der Waals surface area contributed by atoms with Gasteiger partial charge in [0.2, 0.25) is 5.90 Å². The number of cyclic esters (lactones) is 1. The van der Waals surface area contributed by atoms with Crippen molar-refractivity contribution in [2.45, 2.75) is 26.4 Å². The lowest BCUT2D eigenvalue weighted by molar-refractivity contribution is -0.130. The fourth-order valence-corrected chi connectivity index (χ4v) is 3.59. The van der Waals surface area contributed by atoms with E-state index in [1.54, 1.807) is 0 Å². The Balaban J connectivity index is 1.72. The van der Waals surface area contributed by atoms with Crippen LogP contribution in [0.5, 0.6) is 0 Å². The zero-order valence-corrected chi connectivity index (χ0v) is 17.0. The molecule has 3 aromatic carbocycles. The van der Waals surface area contributed by atoms with E-state index in [0.717, 1.165) is 11.3 Å². The lowest BCUT2D eigenvalue weighted by Gasteiger charge is -2.27. The van der Waals surface area contributed by atoms with Crippen molar-refractivity contribution in [1.29, 1.82) is 0 Å². The third kappa shape index (κ3) is 4.49. The van der Waals surface area contributed by atoms with Crippen molar-refractivity contribution in [3.05, 3.63) is 119 Å². The van der Waals surface area contributed by atoms with Crippen molar-refractivity contribution in [3.63, 3.8) is 0 Å². The molecule has 0 saturated heterocycles. The highest BCUT2D eigenvalue weighted by Crippen LogP contribution is 2.26. The fraction of sp³-hybridized carbons (Fsp3) is 0.154. The quantitative estimate of drug-likeness (QED) is 0.401. The first-order chi connectivity index (χ1) is 14.7. The molecular weight excluding hydrogens is 372 g/mol. The number of hydrogen-bond acceptors (Lipinski definition) is 4. The van der Waals surface area contributed by atoms with E-state index < -0.39 is 5.97 Å². The van der Waals surface area contributed by atoms with Crippen LogP contribution >= 0.6 is 0 Å². The van der Waals surface area contributed by atoms with E-state index in [9.17, 15) is 4.79 Å². The predicted octanol–water partition coefficient (Wildman–Crippen LogP) is 5.31. The average Bonchev–Trinajstić information content (AvgIpc) is 3.18. The number of carbonyl (C=O) groups excluding carboxylic acids is 1. The minimum absolute atomic E-state index is 0.362. The molecule has 0 radical (unpaired) electrons. The summed E-state index contributed by atoms with van der Waals surface area (Å²) >= 11 is 0. The smallest absolute Gasteiger partial charge is 0.365 e. The van der Waals surface area contributed by atoms with E-state index in [4.69, 9.17) is 4.74 Å². The molecule has 4 heteroatoms. The number of nitrogens with zero attached hydrogens (tertiary/aromatic N) is 2. The zero-order valence-electron chi connectivity index (χ0n) is 17.0. The minimum Gasteiger partial charge on any atom is -0.402 e. The molecule has 0 N–H and O–H groups in total. The van der Waals surface area contributed by atoms with Gasteiger partial charge in [0, 0.05) is 24.4 Å². The summed E-state index contributed by atoms with van der Waals surface area (Å²) in [6, 6.07) is 30.1. The number of carbonyl (C=O) groups is 1. The standard InChI is InChI=1S/C26H24N2O2/c1-2-23(24-26(29)30-25(27-24)22-16-10-5-11-17-22)28(18-20-12-6-3-7-13-20)19-21-14-8-4-9-15-21/h3-17H,2,18-19H2,1H3/b24-23+. The Morgan fingerprint density at radius 3 is 1.80 bits per heavy atom. The molecule has 4 rings (SSSR count). The normalized spacial score (nSPS) is 14.8. The van der Waals surface area contributed by atoms with E-state index >= 15 is 0 Å². The van der Waals surface area contributed by atoms with Crippen molar-refractivity contribution in [1.82, 2.24) is 4.90 Å². The number of ether oxygens (including phenoxy) is 1. The summed E-state index contributed by atoms with van der Waals surface area (Å²) in [5, 5.41) is 0. The third-order valence-corrected chi connectivity index (χ3v) is 5.04. The van der Waals surface area contributed by atoms with Gasteiger partial charge < -0.3 is 9.64 Å². The van der Waals surface area contributed by atoms with Gasteiger partial charge in [0.15, 0.2) is 5.70 Å². The molecule has 1 aliphatic heterocycles. The first-order valence-corrected chi connectivity index (χ1v) is 10.2. The highest BCUT2D eigenvalue weighted by Gasteiger charge is 2.29. The van der Waals surface area contributed by atoms with Crippen LogP contribution in [-0.4, -0.2) is 16.8 Å². The van der Waals surface area contributed by atoms with Gasteiger partial charge in [-0.15, -0.1) is 0 Å². The molecule has 4 nitrogen and oxygen atoms in total. The molecule has 0 aliphatic carbocycles. The largest absolute Gasteiger partial charge is 0.402 e. The minimum atomic E-state index is -0.392. The Morgan fingerprint density at radius 1 is 0.800 bits per heavy atom. The van der Waals surface area contributed by atoms with Gasteiger partial charge in [0.05, 0.1) is 0 Å². The van der Waals surface area contributed by atoms with Crippen LogP contribution in [0.1, 0.15) is 30.0 Å². The van der Waals surface area contributed by atoms with Gasteiger partial charge in [0.25, 0.3) is 0 Å². The number of allylic oxidation sites excluding steroid dienone is 1. The number of hydrogen-bond donors (Lipinski definition) is 0. The van der Waals surface area contributed by atoms with Gasteiger partial charge in [-0.1, -0.05) is 85.8 Å². The van der Waals surface area contributed by atoms with Crippen LogP contribution in [0.4, 0.5) is 0 Å². The summed E-state index contributed by atoms with van der Waals surface area (Å²) in [4.78, 5) is 19.6. The summed E-state index contributed by atoms with van der Waals surface area (Å²) in [6.45, 7) is 3.42. The van der Waals surface area contributed by atoms with Crippen LogP contribution in [0.2, 0.25) is 0 Å². The number of aliphatic imine (C=N–C) groups is 1. The molecule has 0 fully saturated rings. The number of benzene rings is 3. The van der Waals surface area contributed by atoms with Crippen molar-refractivity contribution < 1.29 is 9.53 Å². The van der Waals surface area contributed by atoms with Gasteiger partial charge in [0.1, 0.15) is 0 Å². The zero-order chi connectivity index (χ0) is 20.8. The van der Waals surface area contributed by atoms with E-state index in [-0.39, 0.29) is 0 Å². The molecule has 0 atom stereocenters. The molecular formula is C26H24N2O2. The second-order valence-electron chi connectivity index (χ2n) is 7.15. The molecule has 0 unspecified atom stereocenters. The SMILES string of the molecule is CC/C(=C1\N=C(c2ccccc2)OC1=O)N(Cc1ccccc1)Cc1ccccc1. The van der Waals surface area contributed by atoms with Crippen LogP contribution in [0.15, 0.2) is 107 Å². The maximum atomic E-state index is 12.7. The summed E-state index contributed by atoms with van der Waals surface area (Å²) in [6.07, 6.45) is 0.676.